The van der Waals surface area contributed by atoms with Crippen LogP contribution in [0.5, 0.6) is 0 Å². The van der Waals surface area contributed by atoms with E-state index >= 15 is 0 Å². The van der Waals surface area contributed by atoms with Crippen LogP contribution in [0.25, 0.3) is 0 Å². The summed E-state index contributed by atoms with van der Waals surface area (Å²) in [6.45, 7) is 4.60. The molecule has 0 radical (unpaired) electrons. The van der Waals surface area contributed by atoms with Gasteiger partial charge >= 0.3 is 5.97 Å². The number of primary amides is 1. The van der Waals surface area contributed by atoms with Crippen LogP contribution in [0, 0.1) is 5.92 Å². The molecule has 0 aromatic rings. The SMILES string of the molecule is CCC(C)C(NC(=O)C1CCCN1C(=O)C(CCC(N)=O)NC(=O)C1CCCN1)C(=O)O. The van der Waals surface area contributed by atoms with E-state index in [-0.39, 0.29) is 24.7 Å². The Bertz CT molecular complexity index is 723. The summed E-state index contributed by atoms with van der Waals surface area (Å²) in [4.78, 5) is 63.0. The Labute approximate surface area is 187 Å². The Morgan fingerprint density at radius 1 is 1.12 bits per heavy atom. The molecule has 2 heterocycles. The number of likely N-dealkylation sites (tertiary alicyclic amines) is 1. The fourth-order valence-corrected chi connectivity index (χ4v) is 4.16. The molecule has 2 rings (SSSR count). The van der Waals surface area contributed by atoms with Gasteiger partial charge in [-0.1, -0.05) is 20.3 Å². The number of hydrogen-bond acceptors (Lipinski definition) is 6. The number of aliphatic carboxylic acids is 1. The Hall–Kier alpha value is -2.69. The smallest absolute Gasteiger partial charge is 0.326 e. The van der Waals surface area contributed by atoms with Gasteiger partial charge in [-0.25, -0.2) is 4.79 Å². The molecule has 5 unspecified atom stereocenters. The second-order valence-electron chi connectivity index (χ2n) is 8.61. The first-order chi connectivity index (χ1) is 15.1. The molecular weight excluding hydrogens is 418 g/mol. The molecule has 0 aliphatic carbocycles. The highest BCUT2D eigenvalue weighted by Crippen LogP contribution is 2.21. The van der Waals surface area contributed by atoms with Crippen molar-refractivity contribution in [3.05, 3.63) is 0 Å². The third-order valence-corrected chi connectivity index (χ3v) is 6.29. The third kappa shape index (κ3) is 6.65. The van der Waals surface area contributed by atoms with Gasteiger partial charge in [-0.15, -0.1) is 0 Å². The highest BCUT2D eigenvalue weighted by atomic mass is 16.4. The largest absolute Gasteiger partial charge is 0.480 e. The number of hydrogen-bond donors (Lipinski definition) is 5. The second kappa shape index (κ2) is 11.8. The van der Waals surface area contributed by atoms with Gasteiger partial charge in [-0.2, -0.15) is 0 Å². The molecule has 0 saturated carbocycles. The minimum absolute atomic E-state index is 0.0298. The number of carbonyl (C=O) groups is 5. The van der Waals surface area contributed by atoms with Gasteiger partial charge in [0, 0.05) is 13.0 Å². The maximum absolute atomic E-state index is 13.3. The van der Waals surface area contributed by atoms with Gasteiger partial charge in [-0.3, -0.25) is 19.2 Å². The Kier molecular flexibility index (Phi) is 9.42. The number of nitrogens with zero attached hydrogens (tertiary/aromatic N) is 1. The van der Waals surface area contributed by atoms with Crippen molar-refractivity contribution in [1.82, 2.24) is 20.9 Å². The van der Waals surface area contributed by atoms with Crippen LogP contribution in [0.15, 0.2) is 0 Å². The average molecular weight is 454 g/mol. The zero-order valence-corrected chi connectivity index (χ0v) is 18.8. The standard InChI is InChI=1S/C21H35N5O6/c1-3-12(2)17(21(31)32)25-19(29)15-7-5-11-26(15)20(30)14(8-9-16(22)27)24-18(28)13-6-4-10-23-13/h12-15,17,23H,3-11H2,1-2H3,(H2,22,27)(H,24,28)(H,25,29)(H,31,32). The first-order valence-electron chi connectivity index (χ1n) is 11.3. The van der Waals surface area contributed by atoms with Gasteiger partial charge in [0.2, 0.25) is 23.6 Å². The number of carboxylic acids is 1. The lowest BCUT2D eigenvalue weighted by molar-refractivity contribution is -0.146. The second-order valence-corrected chi connectivity index (χ2v) is 8.61. The number of nitrogens with two attached hydrogens (primary N) is 1. The molecule has 11 heteroatoms. The molecule has 2 fully saturated rings. The molecular formula is C21H35N5O6. The van der Waals surface area contributed by atoms with E-state index in [2.05, 4.69) is 16.0 Å². The first kappa shape index (κ1) is 25.6. The van der Waals surface area contributed by atoms with E-state index < -0.39 is 47.9 Å². The van der Waals surface area contributed by atoms with Crippen LogP contribution in [-0.4, -0.2) is 76.9 Å². The molecule has 11 nitrogen and oxygen atoms in total. The molecule has 0 aromatic heterocycles. The summed E-state index contributed by atoms with van der Waals surface area (Å²) in [5, 5.41) is 17.8. The predicted octanol–water partition coefficient (Wildman–Crippen LogP) is -0.905. The summed E-state index contributed by atoms with van der Waals surface area (Å²) < 4.78 is 0. The Morgan fingerprint density at radius 3 is 2.41 bits per heavy atom. The van der Waals surface area contributed by atoms with E-state index in [4.69, 9.17) is 5.73 Å². The molecule has 2 aliphatic heterocycles. The van der Waals surface area contributed by atoms with Gasteiger partial charge in [-0.05, 0) is 44.6 Å². The zero-order valence-electron chi connectivity index (χ0n) is 18.8. The molecule has 0 aromatic carbocycles. The van der Waals surface area contributed by atoms with Crippen LogP contribution >= 0.6 is 0 Å². The minimum atomic E-state index is -1.13. The maximum Gasteiger partial charge on any atom is 0.326 e. The van der Waals surface area contributed by atoms with E-state index in [0.717, 1.165) is 6.42 Å². The van der Waals surface area contributed by atoms with Crippen molar-refractivity contribution in [2.45, 2.75) is 83.0 Å². The summed E-state index contributed by atoms with van der Waals surface area (Å²) >= 11 is 0. The summed E-state index contributed by atoms with van der Waals surface area (Å²) in [6.07, 6.45) is 2.99. The highest BCUT2D eigenvalue weighted by Gasteiger charge is 2.40. The normalized spacial score (nSPS) is 23.2. The van der Waals surface area contributed by atoms with Crippen molar-refractivity contribution < 1.29 is 29.1 Å². The number of carboxylic acid groups (broad SMARTS) is 1. The first-order valence-corrected chi connectivity index (χ1v) is 11.3. The van der Waals surface area contributed by atoms with Crippen LogP contribution < -0.4 is 21.7 Å². The molecule has 0 spiro atoms. The maximum atomic E-state index is 13.3. The molecule has 180 valence electrons. The molecule has 2 saturated heterocycles. The van der Waals surface area contributed by atoms with E-state index in [1.54, 1.807) is 6.92 Å². The lowest BCUT2D eigenvalue weighted by atomic mass is 9.98. The topological polar surface area (TPSA) is 171 Å². The number of rotatable bonds is 11. The van der Waals surface area contributed by atoms with Crippen molar-refractivity contribution in [3.8, 4) is 0 Å². The van der Waals surface area contributed by atoms with Crippen molar-refractivity contribution in [1.29, 1.82) is 0 Å². The van der Waals surface area contributed by atoms with Crippen molar-refractivity contribution in [3.63, 3.8) is 0 Å². The monoisotopic (exact) mass is 453 g/mol. The van der Waals surface area contributed by atoms with Crippen molar-refractivity contribution >= 4 is 29.6 Å². The minimum Gasteiger partial charge on any atom is -0.480 e. The fraction of sp³-hybridized carbons (Fsp3) is 0.762. The lowest BCUT2D eigenvalue weighted by Gasteiger charge is -2.30. The van der Waals surface area contributed by atoms with Gasteiger partial charge in [0.15, 0.2) is 0 Å². The number of carbonyl (C=O) groups excluding carboxylic acids is 4. The van der Waals surface area contributed by atoms with Gasteiger partial charge in [0.1, 0.15) is 18.1 Å². The van der Waals surface area contributed by atoms with Crippen LogP contribution in [0.2, 0.25) is 0 Å². The van der Waals surface area contributed by atoms with Crippen molar-refractivity contribution in [2.24, 2.45) is 11.7 Å². The van der Waals surface area contributed by atoms with Gasteiger partial charge in [0.05, 0.1) is 6.04 Å². The van der Waals surface area contributed by atoms with Gasteiger partial charge in [0.25, 0.3) is 0 Å². The zero-order chi connectivity index (χ0) is 23.8. The Morgan fingerprint density at radius 2 is 1.84 bits per heavy atom. The number of amides is 4. The molecule has 5 atom stereocenters. The molecule has 4 amide bonds. The average Bonchev–Trinajstić information content (AvgIpc) is 3.45. The van der Waals surface area contributed by atoms with Crippen LogP contribution in [0.1, 0.15) is 58.8 Å². The molecule has 32 heavy (non-hydrogen) atoms. The van der Waals surface area contributed by atoms with E-state index in [9.17, 15) is 29.1 Å². The van der Waals surface area contributed by atoms with Crippen LogP contribution in [0.3, 0.4) is 0 Å². The summed E-state index contributed by atoms with van der Waals surface area (Å²) in [7, 11) is 0. The van der Waals surface area contributed by atoms with Crippen molar-refractivity contribution in [2.75, 3.05) is 13.1 Å². The van der Waals surface area contributed by atoms with Crippen LogP contribution in [-0.2, 0) is 24.0 Å². The third-order valence-electron chi connectivity index (χ3n) is 6.29. The fourth-order valence-electron chi connectivity index (χ4n) is 4.16. The predicted molar refractivity (Wildman–Crippen MR) is 115 cm³/mol. The number of nitrogens with one attached hydrogen (secondary N) is 3. The van der Waals surface area contributed by atoms with E-state index in [1.807, 2.05) is 6.92 Å². The van der Waals surface area contributed by atoms with Gasteiger partial charge < -0.3 is 31.7 Å². The Balaban J connectivity index is 2.11. The lowest BCUT2D eigenvalue weighted by Crippen LogP contribution is -2.57. The highest BCUT2D eigenvalue weighted by molar-refractivity contribution is 5.94. The van der Waals surface area contributed by atoms with E-state index in [0.29, 0.717) is 38.8 Å². The summed E-state index contributed by atoms with van der Waals surface area (Å²) in [5.41, 5.74) is 5.24. The van der Waals surface area contributed by atoms with E-state index in [1.165, 1.54) is 4.90 Å². The summed E-state index contributed by atoms with van der Waals surface area (Å²) in [5.74, 6) is -3.31. The summed E-state index contributed by atoms with van der Waals surface area (Å²) in [6, 6.07) is -3.27. The molecule has 6 N–H and O–H groups in total. The molecule has 2 aliphatic rings. The quantitative estimate of drug-likeness (QED) is 0.270. The van der Waals surface area contributed by atoms with Crippen LogP contribution in [0.4, 0.5) is 0 Å². The molecule has 0 bridgehead atoms.